The van der Waals surface area contributed by atoms with E-state index in [4.69, 9.17) is 14.2 Å². The number of hydrogen-bond donors (Lipinski definition) is 2. The molecule has 1 aromatic rings. The fraction of sp³-hybridized carbons (Fsp3) is 0.333. The van der Waals surface area contributed by atoms with Crippen LogP contribution in [0.1, 0.15) is 17.3 Å². The third-order valence-electron chi connectivity index (χ3n) is 3.88. The second kappa shape index (κ2) is 10.6. The minimum absolute atomic E-state index is 0.0633. The lowest BCUT2D eigenvalue weighted by molar-refractivity contribution is -0.140. The van der Waals surface area contributed by atoms with Crippen LogP contribution in [-0.4, -0.2) is 58.1 Å². The molecule has 2 N–H and O–H groups in total. The number of carbonyl (C=O) groups excluding carboxylic acids is 4. The normalized spacial score (nSPS) is 13.4. The van der Waals surface area contributed by atoms with Crippen LogP contribution in [0.3, 0.4) is 0 Å². The van der Waals surface area contributed by atoms with Crippen LogP contribution in [0.15, 0.2) is 33.9 Å². The molecule has 0 aromatic heterocycles. The number of nitrogens with zero attached hydrogens (tertiary/aromatic N) is 1. The molecule has 0 saturated carbocycles. The Bertz CT molecular complexity index is 886. The number of methoxy groups -OCH3 is 2. The quantitative estimate of drug-likeness (QED) is 0.358. The van der Waals surface area contributed by atoms with E-state index < -0.39 is 23.9 Å². The van der Waals surface area contributed by atoms with Crippen molar-refractivity contribution in [1.29, 1.82) is 0 Å². The van der Waals surface area contributed by atoms with E-state index in [1.54, 1.807) is 19.1 Å². The van der Waals surface area contributed by atoms with Crippen LogP contribution in [0.2, 0.25) is 0 Å². The zero-order chi connectivity index (χ0) is 22.3. The Hall–Kier alpha value is -3.12. The van der Waals surface area contributed by atoms with E-state index in [9.17, 15) is 19.2 Å². The third kappa shape index (κ3) is 5.27. The van der Waals surface area contributed by atoms with Gasteiger partial charge in [0.15, 0.2) is 0 Å². The Labute approximate surface area is 180 Å². The minimum Gasteiger partial charge on any atom is -0.466 e. The molecule has 0 fully saturated rings. The van der Waals surface area contributed by atoms with Crippen LogP contribution in [0.5, 0.6) is 0 Å². The van der Waals surface area contributed by atoms with E-state index in [-0.39, 0.29) is 42.5 Å². The molecular weight excluding hydrogens is 466 g/mol. The Balaban J connectivity index is 2.49. The number of esters is 2. The molecule has 162 valence electrons. The van der Waals surface area contributed by atoms with E-state index in [2.05, 4.69) is 31.5 Å². The highest BCUT2D eigenvalue weighted by atomic mass is 79.9. The fourth-order valence-electron chi connectivity index (χ4n) is 2.60. The van der Waals surface area contributed by atoms with Crippen molar-refractivity contribution < 1.29 is 38.1 Å². The molecule has 11 nitrogen and oxygen atoms in total. The monoisotopic (exact) mass is 485 g/mol. The molecule has 0 radical (unpaired) electrons. The first-order valence-electron chi connectivity index (χ1n) is 8.61. The predicted molar refractivity (Wildman–Crippen MR) is 106 cm³/mol. The molecular formula is C18H20BrN3O8. The van der Waals surface area contributed by atoms with Crippen molar-refractivity contribution >= 4 is 45.6 Å². The number of hydrogen-bond acceptors (Lipinski definition) is 9. The summed E-state index contributed by atoms with van der Waals surface area (Å²) in [5.74, 6) is -2.28. The highest BCUT2D eigenvalue weighted by Gasteiger charge is 2.34. The topological polar surface area (TPSA) is 132 Å². The van der Waals surface area contributed by atoms with Gasteiger partial charge in [-0.3, -0.25) is 10.2 Å². The number of rotatable bonds is 5. The number of ether oxygens (including phenoxy) is 4. The molecule has 1 aliphatic rings. The molecule has 30 heavy (non-hydrogen) atoms. The van der Waals surface area contributed by atoms with Gasteiger partial charge in [0.05, 0.1) is 44.3 Å². The fourth-order valence-corrected chi connectivity index (χ4v) is 2.95. The van der Waals surface area contributed by atoms with Gasteiger partial charge in [0.25, 0.3) is 5.91 Å². The maximum Gasteiger partial charge on any atom is 0.426 e. The molecule has 0 spiro atoms. The largest absolute Gasteiger partial charge is 0.466 e. The van der Waals surface area contributed by atoms with Crippen molar-refractivity contribution in [3.05, 3.63) is 39.5 Å². The number of anilines is 1. The Morgan fingerprint density at radius 2 is 1.83 bits per heavy atom. The average Bonchev–Trinajstić information content (AvgIpc) is 2.75. The SMILES string of the molecule is CCOC(=O)NNC(=O)c1ccc(Br)cc1N1COCC(C(=O)OC)=C1C(=O)OC. The number of amides is 2. The van der Waals surface area contributed by atoms with Crippen molar-refractivity contribution in [3.63, 3.8) is 0 Å². The molecule has 1 aromatic carbocycles. The average molecular weight is 486 g/mol. The van der Waals surface area contributed by atoms with Crippen LogP contribution in [0.4, 0.5) is 10.5 Å². The summed E-state index contributed by atoms with van der Waals surface area (Å²) in [5.41, 5.74) is 4.43. The number of halogens is 1. The number of benzene rings is 1. The van der Waals surface area contributed by atoms with Crippen molar-refractivity contribution in [2.45, 2.75) is 6.92 Å². The molecule has 0 saturated heterocycles. The molecule has 1 heterocycles. The molecule has 0 atom stereocenters. The number of carbonyl (C=O) groups is 4. The molecule has 12 heteroatoms. The first kappa shape index (κ1) is 23.2. The molecule has 2 rings (SSSR count). The molecule has 0 unspecified atom stereocenters. The summed E-state index contributed by atoms with van der Waals surface area (Å²) in [6.07, 6.45) is -0.839. The Kier molecular flexibility index (Phi) is 8.18. The van der Waals surface area contributed by atoms with E-state index in [1.165, 1.54) is 18.1 Å². The van der Waals surface area contributed by atoms with Gasteiger partial charge < -0.3 is 23.8 Å². The Morgan fingerprint density at radius 1 is 1.13 bits per heavy atom. The van der Waals surface area contributed by atoms with Crippen molar-refractivity contribution in [3.8, 4) is 0 Å². The van der Waals surface area contributed by atoms with Gasteiger partial charge in [0.1, 0.15) is 12.4 Å². The van der Waals surface area contributed by atoms with Gasteiger partial charge in [-0.2, -0.15) is 0 Å². The van der Waals surface area contributed by atoms with Crippen LogP contribution in [0.25, 0.3) is 0 Å². The van der Waals surface area contributed by atoms with Gasteiger partial charge in [-0.05, 0) is 25.1 Å². The molecule has 0 bridgehead atoms. The lowest BCUT2D eigenvalue weighted by Gasteiger charge is -2.32. The standard InChI is InChI=1S/C18H20BrN3O8/c1-4-30-18(26)21-20-15(23)11-6-5-10(19)7-13(11)22-9-29-8-12(16(24)27-2)14(22)17(25)28-3/h5-7H,4,8-9H2,1-3H3,(H,20,23)(H,21,26). The summed E-state index contributed by atoms with van der Waals surface area (Å²) in [6, 6.07) is 4.60. The van der Waals surface area contributed by atoms with E-state index in [1.807, 2.05) is 0 Å². The molecule has 2 amide bonds. The predicted octanol–water partition coefficient (Wildman–Crippen LogP) is 1.23. The smallest absolute Gasteiger partial charge is 0.426 e. The van der Waals surface area contributed by atoms with Crippen LogP contribution in [0, 0.1) is 0 Å². The zero-order valence-electron chi connectivity index (χ0n) is 16.4. The molecule has 1 aliphatic heterocycles. The van der Waals surface area contributed by atoms with Crippen LogP contribution >= 0.6 is 15.9 Å². The number of nitrogens with one attached hydrogen (secondary N) is 2. The summed E-state index contributed by atoms with van der Waals surface area (Å²) in [4.78, 5) is 50.0. The maximum atomic E-state index is 12.7. The summed E-state index contributed by atoms with van der Waals surface area (Å²) in [7, 11) is 2.33. The van der Waals surface area contributed by atoms with Gasteiger partial charge in [-0.1, -0.05) is 15.9 Å². The van der Waals surface area contributed by atoms with Gasteiger partial charge >= 0.3 is 18.0 Å². The minimum atomic E-state index is -0.839. The zero-order valence-corrected chi connectivity index (χ0v) is 18.0. The van der Waals surface area contributed by atoms with Gasteiger partial charge in [-0.15, -0.1) is 0 Å². The van der Waals surface area contributed by atoms with Crippen molar-refractivity contribution in [2.24, 2.45) is 0 Å². The molecule has 0 aliphatic carbocycles. The summed E-state index contributed by atoms with van der Waals surface area (Å²) >= 11 is 3.31. The van der Waals surface area contributed by atoms with Crippen LogP contribution in [-0.2, 0) is 28.5 Å². The van der Waals surface area contributed by atoms with Gasteiger partial charge in [0.2, 0.25) is 0 Å². The first-order valence-corrected chi connectivity index (χ1v) is 9.41. The van der Waals surface area contributed by atoms with Gasteiger partial charge in [0, 0.05) is 4.47 Å². The Morgan fingerprint density at radius 3 is 2.47 bits per heavy atom. The van der Waals surface area contributed by atoms with Crippen molar-refractivity contribution in [2.75, 3.05) is 39.1 Å². The second-order valence-electron chi connectivity index (χ2n) is 5.68. The summed E-state index contributed by atoms with van der Waals surface area (Å²) in [5, 5.41) is 0. The summed E-state index contributed by atoms with van der Waals surface area (Å²) < 4.78 is 20.2. The number of hydrazine groups is 1. The van der Waals surface area contributed by atoms with E-state index in [0.717, 1.165) is 7.11 Å². The summed E-state index contributed by atoms with van der Waals surface area (Å²) in [6.45, 7) is 1.42. The first-order chi connectivity index (χ1) is 14.3. The van der Waals surface area contributed by atoms with E-state index >= 15 is 0 Å². The highest BCUT2D eigenvalue weighted by molar-refractivity contribution is 9.10. The van der Waals surface area contributed by atoms with E-state index in [0.29, 0.717) is 4.47 Å². The third-order valence-corrected chi connectivity index (χ3v) is 4.38. The maximum absolute atomic E-state index is 12.7. The second-order valence-corrected chi connectivity index (χ2v) is 6.59. The van der Waals surface area contributed by atoms with Crippen LogP contribution < -0.4 is 15.8 Å². The van der Waals surface area contributed by atoms with Gasteiger partial charge in [-0.25, -0.2) is 19.8 Å². The van der Waals surface area contributed by atoms with Crippen molar-refractivity contribution in [1.82, 2.24) is 10.9 Å². The highest BCUT2D eigenvalue weighted by Crippen LogP contribution is 2.32. The lowest BCUT2D eigenvalue weighted by Crippen LogP contribution is -2.43. The lowest BCUT2D eigenvalue weighted by atomic mass is 10.1.